The fraction of sp³-hybridized carbons (Fsp3) is 0.214. The SMILES string of the molecule is COC(=O)C(Cc1ccc(OCCn2c(=O)oc3cc(C(=O)c4ccccc4)ccc32)cc1)C(=O)OC. The monoisotopic (exact) mass is 503 g/mol. The van der Waals surface area contributed by atoms with Crippen LogP contribution in [0.25, 0.3) is 11.1 Å². The van der Waals surface area contributed by atoms with Gasteiger partial charge in [-0.25, -0.2) is 4.79 Å². The van der Waals surface area contributed by atoms with Crippen LogP contribution in [0.4, 0.5) is 0 Å². The van der Waals surface area contributed by atoms with E-state index >= 15 is 0 Å². The molecule has 0 saturated heterocycles. The summed E-state index contributed by atoms with van der Waals surface area (Å²) in [7, 11) is 2.43. The summed E-state index contributed by atoms with van der Waals surface area (Å²) in [6, 6.07) is 20.7. The number of esters is 2. The van der Waals surface area contributed by atoms with Gasteiger partial charge in [0, 0.05) is 11.1 Å². The van der Waals surface area contributed by atoms with E-state index in [9.17, 15) is 19.2 Å². The number of carbonyl (C=O) groups excluding carboxylic acids is 3. The molecule has 4 aromatic rings. The molecule has 0 aliphatic heterocycles. The van der Waals surface area contributed by atoms with Crippen molar-refractivity contribution in [3.8, 4) is 5.75 Å². The van der Waals surface area contributed by atoms with E-state index in [1.165, 1.54) is 18.8 Å². The first kappa shape index (κ1) is 25.4. The predicted octanol–water partition coefficient (Wildman–Crippen LogP) is 3.41. The van der Waals surface area contributed by atoms with Crippen molar-refractivity contribution >= 4 is 28.8 Å². The van der Waals surface area contributed by atoms with Crippen LogP contribution in [-0.4, -0.2) is 43.1 Å². The molecule has 0 saturated carbocycles. The lowest BCUT2D eigenvalue weighted by atomic mass is 9.99. The number of ketones is 1. The van der Waals surface area contributed by atoms with Gasteiger partial charge in [-0.15, -0.1) is 0 Å². The van der Waals surface area contributed by atoms with Crippen LogP contribution in [0, 0.1) is 5.92 Å². The van der Waals surface area contributed by atoms with E-state index in [1.807, 2.05) is 6.07 Å². The minimum absolute atomic E-state index is 0.130. The summed E-state index contributed by atoms with van der Waals surface area (Å²) >= 11 is 0. The molecule has 1 aromatic heterocycles. The maximum absolute atomic E-state index is 12.7. The molecule has 0 atom stereocenters. The molecule has 4 rings (SSSR count). The van der Waals surface area contributed by atoms with E-state index in [1.54, 1.807) is 66.7 Å². The Morgan fingerprint density at radius 1 is 0.865 bits per heavy atom. The molecule has 0 aliphatic rings. The van der Waals surface area contributed by atoms with E-state index < -0.39 is 23.6 Å². The van der Waals surface area contributed by atoms with Crippen molar-refractivity contribution in [3.63, 3.8) is 0 Å². The number of hydrogen-bond acceptors (Lipinski definition) is 8. The maximum Gasteiger partial charge on any atom is 0.420 e. The van der Waals surface area contributed by atoms with Gasteiger partial charge < -0.3 is 18.6 Å². The Morgan fingerprint density at radius 3 is 2.19 bits per heavy atom. The fourth-order valence-corrected chi connectivity index (χ4v) is 3.94. The minimum Gasteiger partial charge on any atom is -0.492 e. The lowest BCUT2D eigenvalue weighted by Gasteiger charge is -2.13. The van der Waals surface area contributed by atoms with E-state index in [4.69, 9.17) is 9.15 Å². The molecule has 0 bridgehead atoms. The van der Waals surface area contributed by atoms with Crippen LogP contribution in [0.5, 0.6) is 5.75 Å². The van der Waals surface area contributed by atoms with Gasteiger partial charge in [-0.3, -0.25) is 19.0 Å². The number of nitrogens with zero attached hydrogens (tertiary/aromatic N) is 1. The second-order valence-corrected chi connectivity index (χ2v) is 8.19. The van der Waals surface area contributed by atoms with Crippen molar-refractivity contribution in [2.45, 2.75) is 13.0 Å². The first-order valence-corrected chi connectivity index (χ1v) is 11.5. The highest BCUT2D eigenvalue weighted by Gasteiger charge is 2.28. The summed E-state index contributed by atoms with van der Waals surface area (Å²) < 4.78 is 21.9. The molecule has 9 nitrogen and oxygen atoms in total. The van der Waals surface area contributed by atoms with Crippen molar-refractivity contribution in [2.24, 2.45) is 5.92 Å². The van der Waals surface area contributed by atoms with Crippen LogP contribution in [0.3, 0.4) is 0 Å². The Bertz CT molecular complexity index is 1450. The second kappa shape index (κ2) is 11.4. The molecule has 0 radical (unpaired) electrons. The Balaban J connectivity index is 1.40. The number of oxazole rings is 1. The third-order valence-electron chi connectivity index (χ3n) is 5.88. The molecule has 0 aliphatic carbocycles. The number of aromatic nitrogens is 1. The van der Waals surface area contributed by atoms with Crippen LogP contribution in [-0.2, 0) is 32.0 Å². The third-order valence-corrected chi connectivity index (χ3v) is 5.88. The van der Waals surface area contributed by atoms with E-state index in [-0.39, 0.29) is 25.4 Å². The van der Waals surface area contributed by atoms with Gasteiger partial charge in [0.1, 0.15) is 12.4 Å². The zero-order chi connectivity index (χ0) is 26.4. The van der Waals surface area contributed by atoms with Crippen molar-refractivity contribution < 1.29 is 33.0 Å². The lowest BCUT2D eigenvalue weighted by molar-refractivity contribution is -0.158. The molecular weight excluding hydrogens is 478 g/mol. The van der Waals surface area contributed by atoms with Crippen molar-refractivity contribution in [1.29, 1.82) is 0 Å². The number of hydrogen-bond donors (Lipinski definition) is 0. The number of methoxy groups -OCH3 is 2. The van der Waals surface area contributed by atoms with Gasteiger partial charge in [0.2, 0.25) is 0 Å². The molecule has 0 spiro atoms. The summed E-state index contributed by atoms with van der Waals surface area (Å²) in [5, 5.41) is 0. The second-order valence-electron chi connectivity index (χ2n) is 8.19. The van der Waals surface area contributed by atoms with E-state index in [2.05, 4.69) is 9.47 Å². The van der Waals surface area contributed by atoms with Crippen LogP contribution < -0.4 is 10.5 Å². The number of fused-ring (bicyclic) bond motifs is 1. The molecule has 9 heteroatoms. The third kappa shape index (κ3) is 5.78. The molecule has 3 aromatic carbocycles. The van der Waals surface area contributed by atoms with Crippen molar-refractivity contribution in [1.82, 2.24) is 4.57 Å². The molecule has 0 amide bonds. The van der Waals surface area contributed by atoms with Gasteiger partial charge in [-0.2, -0.15) is 0 Å². The molecule has 0 fully saturated rings. The Hall–Kier alpha value is -4.66. The Kier molecular flexibility index (Phi) is 7.83. The van der Waals surface area contributed by atoms with Gasteiger partial charge in [0.25, 0.3) is 0 Å². The predicted molar refractivity (Wildman–Crippen MR) is 134 cm³/mol. The highest BCUT2D eigenvalue weighted by Crippen LogP contribution is 2.19. The number of carbonyl (C=O) groups is 3. The van der Waals surface area contributed by atoms with Crippen molar-refractivity contribution in [3.05, 3.63) is 100 Å². The van der Waals surface area contributed by atoms with E-state index in [0.29, 0.717) is 28.0 Å². The smallest absolute Gasteiger partial charge is 0.420 e. The fourth-order valence-electron chi connectivity index (χ4n) is 3.94. The van der Waals surface area contributed by atoms with Gasteiger partial charge in [0.05, 0.1) is 26.3 Å². The standard InChI is InChI=1S/C28H25NO8/c1-34-26(31)22(27(32)35-2)16-18-8-11-21(12-9-18)36-15-14-29-23-13-10-20(17-24(23)37-28(29)33)25(30)19-6-4-3-5-7-19/h3-13,17,22H,14-16H2,1-2H3. The zero-order valence-electron chi connectivity index (χ0n) is 20.3. The first-order valence-electron chi connectivity index (χ1n) is 11.5. The van der Waals surface area contributed by atoms with Crippen LogP contribution in [0.1, 0.15) is 21.5 Å². The Morgan fingerprint density at radius 2 is 1.54 bits per heavy atom. The maximum atomic E-state index is 12.7. The normalized spacial score (nSPS) is 10.9. The molecule has 0 unspecified atom stereocenters. The van der Waals surface area contributed by atoms with Gasteiger partial charge >= 0.3 is 17.7 Å². The number of ether oxygens (including phenoxy) is 3. The molecule has 37 heavy (non-hydrogen) atoms. The molecule has 190 valence electrons. The summed E-state index contributed by atoms with van der Waals surface area (Å²) in [6.07, 6.45) is 0.130. The average Bonchev–Trinajstić information content (AvgIpc) is 3.25. The largest absolute Gasteiger partial charge is 0.492 e. The Labute approximate surface area is 212 Å². The minimum atomic E-state index is -1.05. The summed E-state index contributed by atoms with van der Waals surface area (Å²) in [4.78, 5) is 48.9. The number of benzene rings is 3. The molecule has 1 heterocycles. The summed E-state index contributed by atoms with van der Waals surface area (Å²) in [6.45, 7) is 0.415. The number of rotatable bonds is 10. The quantitative estimate of drug-likeness (QED) is 0.184. The summed E-state index contributed by atoms with van der Waals surface area (Å²) in [5.74, 6) is -2.54. The summed E-state index contributed by atoms with van der Waals surface area (Å²) in [5.41, 5.74) is 2.59. The van der Waals surface area contributed by atoms with Crippen LogP contribution in [0.2, 0.25) is 0 Å². The van der Waals surface area contributed by atoms with Gasteiger partial charge in [0.15, 0.2) is 17.3 Å². The van der Waals surface area contributed by atoms with Crippen LogP contribution >= 0.6 is 0 Å². The van der Waals surface area contributed by atoms with Crippen molar-refractivity contribution in [2.75, 3.05) is 20.8 Å². The van der Waals surface area contributed by atoms with Crippen LogP contribution in [0.15, 0.2) is 82.0 Å². The molecule has 0 N–H and O–H groups in total. The van der Waals surface area contributed by atoms with Gasteiger partial charge in [-0.05, 0) is 42.3 Å². The zero-order valence-corrected chi connectivity index (χ0v) is 20.3. The first-order chi connectivity index (χ1) is 17.9. The van der Waals surface area contributed by atoms with Gasteiger partial charge in [-0.1, -0.05) is 42.5 Å². The highest BCUT2D eigenvalue weighted by atomic mass is 16.5. The van der Waals surface area contributed by atoms with E-state index in [0.717, 1.165) is 5.56 Å². The topological polar surface area (TPSA) is 114 Å². The highest BCUT2D eigenvalue weighted by molar-refractivity contribution is 6.10. The lowest BCUT2D eigenvalue weighted by Crippen LogP contribution is -2.28. The molecular formula is C28H25NO8. The average molecular weight is 504 g/mol.